The second-order valence-electron chi connectivity index (χ2n) is 6.88. The zero-order chi connectivity index (χ0) is 20.8. The van der Waals surface area contributed by atoms with Gasteiger partial charge in [0.2, 0.25) is 9.84 Å². The molecule has 1 saturated heterocycles. The molecule has 1 fully saturated rings. The van der Waals surface area contributed by atoms with Crippen LogP contribution in [-0.2, 0) is 20.8 Å². The van der Waals surface area contributed by atoms with Crippen LogP contribution in [0, 0.1) is 0 Å². The third kappa shape index (κ3) is 3.39. The molecule has 2 aliphatic rings. The van der Waals surface area contributed by atoms with Crippen molar-refractivity contribution in [1.29, 1.82) is 0 Å². The molecular weight excluding hydrogens is 405 g/mol. The number of sulfone groups is 1. The molecule has 5 nitrogen and oxygen atoms in total. The summed E-state index contributed by atoms with van der Waals surface area (Å²) in [4.78, 5) is 15.4. The Bertz CT molecular complexity index is 1090. The van der Waals surface area contributed by atoms with Crippen molar-refractivity contribution in [2.24, 2.45) is 0 Å². The highest BCUT2D eigenvalue weighted by atomic mass is 32.2. The number of hydrogen-bond donors (Lipinski definition) is 0. The van der Waals surface area contributed by atoms with Gasteiger partial charge in [-0.25, -0.2) is 8.42 Å². The molecule has 0 unspecified atom stereocenters. The van der Waals surface area contributed by atoms with E-state index in [2.05, 4.69) is 0 Å². The van der Waals surface area contributed by atoms with E-state index in [0.29, 0.717) is 18.8 Å². The molecule has 0 radical (unpaired) electrons. The number of nitrogens with zero attached hydrogens (tertiary/aromatic N) is 2. The van der Waals surface area contributed by atoms with Crippen LogP contribution in [0.2, 0.25) is 0 Å². The minimum atomic E-state index is -4.48. The quantitative estimate of drug-likeness (QED) is 0.732. The van der Waals surface area contributed by atoms with Crippen molar-refractivity contribution in [3.8, 4) is 0 Å². The second kappa shape index (κ2) is 6.91. The van der Waals surface area contributed by atoms with Gasteiger partial charge in [0.1, 0.15) is 0 Å². The Hall–Kier alpha value is -2.81. The fourth-order valence-electron chi connectivity index (χ4n) is 3.53. The van der Waals surface area contributed by atoms with Crippen LogP contribution in [0.4, 0.5) is 24.5 Å². The lowest BCUT2D eigenvalue weighted by molar-refractivity contribution is -0.137. The van der Waals surface area contributed by atoms with Crippen molar-refractivity contribution in [3.05, 3.63) is 65.2 Å². The van der Waals surface area contributed by atoms with Crippen LogP contribution < -0.4 is 4.90 Å². The van der Waals surface area contributed by atoms with E-state index >= 15 is 0 Å². The molecule has 2 aromatic rings. The van der Waals surface area contributed by atoms with Gasteiger partial charge in [0.05, 0.1) is 16.1 Å². The fraction of sp³-hybridized carbons (Fsp3) is 0.250. The molecule has 29 heavy (non-hydrogen) atoms. The summed E-state index contributed by atoms with van der Waals surface area (Å²) in [6.07, 6.45) is -1.66. The zero-order valence-corrected chi connectivity index (χ0v) is 16.0. The molecule has 2 aromatic carbocycles. The Morgan fingerprint density at radius 1 is 0.931 bits per heavy atom. The molecule has 9 heteroatoms. The van der Waals surface area contributed by atoms with Gasteiger partial charge in [0.25, 0.3) is 5.91 Å². The van der Waals surface area contributed by atoms with Gasteiger partial charge in [-0.2, -0.15) is 13.2 Å². The molecule has 2 heterocycles. The Labute approximate surface area is 166 Å². The predicted octanol–water partition coefficient (Wildman–Crippen LogP) is 4.09. The maximum atomic E-state index is 13.1. The van der Waals surface area contributed by atoms with E-state index in [4.69, 9.17) is 0 Å². The van der Waals surface area contributed by atoms with Crippen molar-refractivity contribution >= 4 is 27.1 Å². The predicted molar refractivity (Wildman–Crippen MR) is 101 cm³/mol. The fourth-order valence-corrected chi connectivity index (χ4v) is 5.07. The number of likely N-dealkylation sites (tertiary alicyclic amines) is 1. The van der Waals surface area contributed by atoms with E-state index in [9.17, 15) is 26.4 Å². The average molecular weight is 422 g/mol. The number of anilines is 2. The molecule has 0 spiro atoms. The number of halogens is 3. The van der Waals surface area contributed by atoms with Crippen LogP contribution in [0.3, 0.4) is 0 Å². The lowest BCUT2D eigenvalue weighted by Gasteiger charge is -2.30. The topological polar surface area (TPSA) is 57.7 Å². The Kier molecular flexibility index (Phi) is 4.65. The second-order valence-corrected chi connectivity index (χ2v) is 8.76. The number of carbonyl (C=O) groups excluding carboxylic acids is 1. The molecule has 2 aliphatic heterocycles. The van der Waals surface area contributed by atoms with Gasteiger partial charge >= 0.3 is 6.18 Å². The first-order valence-electron chi connectivity index (χ1n) is 9.01. The number of amides is 1. The van der Waals surface area contributed by atoms with E-state index in [0.717, 1.165) is 25.0 Å². The molecule has 4 rings (SSSR count). The number of para-hydroxylation sites is 1. The molecule has 0 bridgehead atoms. The number of carbonyl (C=O) groups is 1. The summed E-state index contributed by atoms with van der Waals surface area (Å²) >= 11 is 0. The Morgan fingerprint density at radius 3 is 2.17 bits per heavy atom. The van der Waals surface area contributed by atoms with Crippen LogP contribution in [0.15, 0.2) is 64.5 Å². The highest BCUT2D eigenvalue weighted by Gasteiger charge is 2.38. The molecule has 1 amide bonds. The van der Waals surface area contributed by atoms with Crippen molar-refractivity contribution in [2.45, 2.75) is 23.9 Å². The maximum absolute atomic E-state index is 13.1. The number of alkyl halides is 3. The maximum Gasteiger partial charge on any atom is 0.416 e. The third-order valence-electron chi connectivity index (χ3n) is 5.03. The summed E-state index contributed by atoms with van der Waals surface area (Å²) in [5, 5.41) is 0. The summed E-state index contributed by atoms with van der Waals surface area (Å²) in [7, 11) is -4.04. The molecular formula is C20H17F3N2O3S. The lowest BCUT2D eigenvalue weighted by atomic mass is 10.1. The van der Waals surface area contributed by atoms with Crippen LogP contribution >= 0.6 is 0 Å². The smallest absolute Gasteiger partial charge is 0.338 e. The molecule has 0 saturated carbocycles. The van der Waals surface area contributed by atoms with Crippen molar-refractivity contribution < 1.29 is 26.4 Å². The van der Waals surface area contributed by atoms with Gasteiger partial charge in [-0.1, -0.05) is 12.1 Å². The molecule has 0 N–H and O–H groups in total. The van der Waals surface area contributed by atoms with Crippen LogP contribution in [0.1, 0.15) is 18.4 Å². The van der Waals surface area contributed by atoms with E-state index in [1.807, 2.05) is 0 Å². The first-order chi connectivity index (χ1) is 13.7. The van der Waals surface area contributed by atoms with Crippen molar-refractivity contribution in [1.82, 2.24) is 4.90 Å². The first kappa shape index (κ1) is 19.5. The van der Waals surface area contributed by atoms with Crippen LogP contribution in [-0.4, -0.2) is 32.3 Å². The standard InChI is InChI=1S/C20H17F3N2O3S/c21-20(22,23)14-7-9-15(10-8-14)25-13-18(19(26)24-11-3-4-12-24)29(27,28)17-6-2-1-5-16(17)25/h1-2,5-10,13H,3-4,11-12H2. The first-order valence-corrected chi connectivity index (χ1v) is 10.5. The minimum absolute atomic E-state index is 0.0510. The zero-order valence-electron chi connectivity index (χ0n) is 15.2. The van der Waals surface area contributed by atoms with Gasteiger partial charge in [0, 0.05) is 25.0 Å². The van der Waals surface area contributed by atoms with Gasteiger partial charge in [-0.05, 0) is 49.2 Å². The average Bonchev–Trinajstić information content (AvgIpc) is 3.22. The number of rotatable bonds is 2. The minimum Gasteiger partial charge on any atom is -0.338 e. The molecule has 0 aromatic heterocycles. The molecule has 0 aliphatic carbocycles. The summed E-state index contributed by atoms with van der Waals surface area (Å²) in [5.41, 5.74) is -0.200. The Balaban J connectivity index is 1.83. The summed E-state index contributed by atoms with van der Waals surface area (Å²) in [6, 6.07) is 10.5. The highest BCUT2D eigenvalue weighted by molar-refractivity contribution is 7.96. The monoisotopic (exact) mass is 422 g/mol. The SMILES string of the molecule is O=C(C1=CN(c2ccc(C(F)(F)F)cc2)c2ccccc2S1(=O)=O)N1CCCC1. The largest absolute Gasteiger partial charge is 0.416 e. The van der Waals surface area contributed by atoms with E-state index in [1.165, 1.54) is 34.2 Å². The van der Waals surface area contributed by atoms with E-state index in [-0.39, 0.29) is 15.5 Å². The Morgan fingerprint density at radius 2 is 1.55 bits per heavy atom. The third-order valence-corrected chi connectivity index (χ3v) is 6.81. The van der Waals surface area contributed by atoms with Crippen molar-refractivity contribution in [3.63, 3.8) is 0 Å². The van der Waals surface area contributed by atoms with Gasteiger partial charge in [-0.3, -0.25) is 4.79 Å². The summed E-state index contributed by atoms with van der Waals surface area (Å²) in [5.74, 6) is -0.589. The normalized spacial score (nSPS) is 18.4. The van der Waals surface area contributed by atoms with Crippen molar-refractivity contribution in [2.75, 3.05) is 18.0 Å². The van der Waals surface area contributed by atoms with Gasteiger partial charge in [0.15, 0.2) is 4.91 Å². The van der Waals surface area contributed by atoms with Gasteiger partial charge < -0.3 is 9.80 Å². The van der Waals surface area contributed by atoms with Gasteiger partial charge in [-0.15, -0.1) is 0 Å². The van der Waals surface area contributed by atoms with E-state index < -0.39 is 27.5 Å². The summed E-state index contributed by atoms with van der Waals surface area (Å²) < 4.78 is 64.8. The molecule has 152 valence electrons. The highest BCUT2D eigenvalue weighted by Crippen LogP contribution is 2.41. The number of fused-ring (bicyclic) bond motifs is 1. The van der Waals surface area contributed by atoms with Crippen LogP contribution in [0.25, 0.3) is 0 Å². The number of benzene rings is 2. The number of hydrogen-bond acceptors (Lipinski definition) is 4. The molecule has 0 atom stereocenters. The lowest BCUT2D eigenvalue weighted by Crippen LogP contribution is -2.35. The summed E-state index contributed by atoms with van der Waals surface area (Å²) in [6.45, 7) is 0.960. The van der Waals surface area contributed by atoms with E-state index in [1.54, 1.807) is 18.2 Å². The van der Waals surface area contributed by atoms with Crippen LogP contribution in [0.5, 0.6) is 0 Å².